The van der Waals surface area contributed by atoms with Crippen molar-refractivity contribution in [2.24, 2.45) is 5.92 Å². The molecule has 5 rings (SSSR count). The first kappa shape index (κ1) is 20.1. The van der Waals surface area contributed by atoms with Gasteiger partial charge in [-0.25, -0.2) is 0 Å². The third kappa shape index (κ3) is 3.81. The molecule has 4 nitrogen and oxygen atoms in total. The van der Waals surface area contributed by atoms with Gasteiger partial charge in [0.05, 0.1) is 0 Å². The number of anilines is 1. The summed E-state index contributed by atoms with van der Waals surface area (Å²) in [5.41, 5.74) is 7.03. The fourth-order valence-electron chi connectivity index (χ4n) is 5.41. The summed E-state index contributed by atoms with van der Waals surface area (Å²) >= 11 is 0. The number of likely N-dealkylation sites (tertiary alicyclic amines) is 1. The maximum Gasteiger partial charge on any atom is 0.258 e. The third-order valence-electron chi connectivity index (χ3n) is 6.97. The molecule has 3 aromatic rings. The number of fused-ring (bicyclic) bond motifs is 4. The zero-order valence-electron chi connectivity index (χ0n) is 18.7. The van der Waals surface area contributed by atoms with Gasteiger partial charge in [-0.15, -0.1) is 0 Å². The van der Waals surface area contributed by atoms with Crippen LogP contribution in [0.25, 0.3) is 11.1 Å². The second-order valence-electron chi connectivity index (χ2n) is 9.46. The molecular formula is C27H31N3O. The standard InChI is InChI=1S/C27H31N3O/c1-19-6-4-5-7-24(19)25-12-13-26-22-14-21(17-30(26)27(25)31)16-29(18-22)15-20-8-10-23(11-9-20)28(2)3/h4-13,21-22H,14-18H2,1-3H3/t21-,22+/m0/s1. The van der Waals surface area contributed by atoms with E-state index in [4.69, 9.17) is 0 Å². The Bertz CT molecular complexity index is 1150. The molecule has 2 aliphatic heterocycles. The number of aryl methyl sites for hydroxylation is 1. The van der Waals surface area contributed by atoms with E-state index in [1.165, 1.54) is 23.4 Å². The lowest BCUT2D eigenvalue weighted by molar-refractivity contribution is 0.114. The van der Waals surface area contributed by atoms with E-state index in [9.17, 15) is 4.79 Å². The van der Waals surface area contributed by atoms with Gasteiger partial charge >= 0.3 is 0 Å². The third-order valence-corrected chi connectivity index (χ3v) is 6.97. The lowest BCUT2D eigenvalue weighted by Crippen LogP contribution is -2.46. The van der Waals surface area contributed by atoms with Crippen LogP contribution >= 0.6 is 0 Å². The number of benzene rings is 2. The molecule has 0 N–H and O–H groups in total. The van der Waals surface area contributed by atoms with Crippen molar-refractivity contribution < 1.29 is 0 Å². The highest BCUT2D eigenvalue weighted by atomic mass is 16.1. The van der Waals surface area contributed by atoms with E-state index >= 15 is 0 Å². The van der Waals surface area contributed by atoms with Crippen LogP contribution in [0.4, 0.5) is 5.69 Å². The number of nitrogens with zero attached hydrogens (tertiary/aromatic N) is 3. The van der Waals surface area contributed by atoms with Crippen molar-refractivity contribution in [3.05, 3.63) is 87.8 Å². The maximum absolute atomic E-state index is 13.4. The molecule has 3 heterocycles. The van der Waals surface area contributed by atoms with Crippen LogP contribution in [0.3, 0.4) is 0 Å². The van der Waals surface area contributed by atoms with E-state index < -0.39 is 0 Å². The predicted molar refractivity (Wildman–Crippen MR) is 128 cm³/mol. The Kier molecular flexibility index (Phi) is 5.19. The fourth-order valence-corrected chi connectivity index (χ4v) is 5.41. The molecule has 0 spiro atoms. The first-order valence-electron chi connectivity index (χ1n) is 11.3. The molecule has 2 atom stereocenters. The van der Waals surface area contributed by atoms with Gasteiger partial charge in [0.2, 0.25) is 0 Å². The van der Waals surface area contributed by atoms with E-state index in [1.807, 2.05) is 12.1 Å². The molecule has 4 heteroatoms. The Morgan fingerprint density at radius 3 is 2.42 bits per heavy atom. The molecule has 1 aromatic heterocycles. The first-order valence-corrected chi connectivity index (χ1v) is 11.3. The Morgan fingerprint density at radius 2 is 1.68 bits per heavy atom. The van der Waals surface area contributed by atoms with Crippen LogP contribution in [-0.4, -0.2) is 36.7 Å². The summed E-state index contributed by atoms with van der Waals surface area (Å²) in [7, 11) is 4.15. The molecule has 1 saturated heterocycles. The summed E-state index contributed by atoms with van der Waals surface area (Å²) in [6.07, 6.45) is 1.19. The molecule has 2 bridgehead atoms. The van der Waals surface area contributed by atoms with Gasteiger partial charge in [-0.2, -0.15) is 0 Å². The van der Waals surface area contributed by atoms with Gasteiger partial charge in [-0.3, -0.25) is 9.69 Å². The SMILES string of the molecule is Cc1ccccc1-c1ccc2n(c1=O)C[C@H]1C[C@@H]2CN(Cc2ccc(N(C)C)cc2)C1. The first-order chi connectivity index (χ1) is 15.0. The molecule has 0 aliphatic carbocycles. The van der Waals surface area contributed by atoms with Crippen LogP contribution < -0.4 is 10.5 Å². The van der Waals surface area contributed by atoms with Crippen LogP contribution in [0.1, 0.15) is 29.2 Å². The van der Waals surface area contributed by atoms with Crippen molar-refractivity contribution in [3.63, 3.8) is 0 Å². The van der Waals surface area contributed by atoms with Crippen molar-refractivity contribution in [2.75, 3.05) is 32.1 Å². The number of hydrogen-bond donors (Lipinski definition) is 0. The highest BCUT2D eigenvalue weighted by molar-refractivity contribution is 5.66. The molecule has 0 amide bonds. The molecule has 0 unspecified atom stereocenters. The zero-order valence-corrected chi connectivity index (χ0v) is 18.7. The quantitative estimate of drug-likeness (QED) is 0.630. The van der Waals surface area contributed by atoms with Gasteiger partial charge in [-0.05, 0) is 60.2 Å². The Hall–Kier alpha value is -2.85. The topological polar surface area (TPSA) is 28.5 Å². The predicted octanol–water partition coefficient (Wildman–Crippen LogP) is 4.51. The number of hydrogen-bond acceptors (Lipinski definition) is 3. The van der Waals surface area contributed by atoms with Crippen molar-refractivity contribution >= 4 is 5.69 Å². The van der Waals surface area contributed by atoms with Gasteiger partial charge < -0.3 is 9.47 Å². The number of pyridine rings is 1. The minimum atomic E-state index is 0.175. The summed E-state index contributed by atoms with van der Waals surface area (Å²) in [4.78, 5) is 18.1. The van der Waals surface area contributed by atoms with Gasteiger partial charge in [0, 0.05) is 63.1 Å². The number of rotatable bonds is 4. The maximum atomic E-state index is 13.4. The normalized spacial score (nSPS) is 20.4. The summed E-state index contributed by atoms with van der Waals surface area (Å²) in [5, 5.41) is 0. The van der Waals surface area contributed by atoms with Gasteiger partial charge in [0.15, 0.2) is 0 Å². The van der Waals surface area contributed by atoms with Gasteiger partial charge in [0.1, 0.15) is 0 Å². The molecule has 1 fully saturated rings. The fraction of sp³-hybridized carbons (Fsp3) is 0.370. The van der Waals surface area contributed by atoms with E-state index in [0.717, 1.165) is 42.9 Å². The van der Waals surface area contributed by atoms with Crippen LogP contribution in [0.15, 0.2) is 65.5 Å². The number of piperidine rings is 1. The summed E-state index contributed by atoms with van der Waals surface area (Å²) in [6.45, 7) is 5.98. The minimum absolute atomic E-state index is 0.175. The Balaban J connectivity index is 1.39. The lowest BCUT2D eigenvalue weighted by atomic mass is 9.82. The summed E-state index contributed by atoms with van der Waals surface area (Å²) in [6, 6.07) is 21.3. The highest BCUT2D eigenvalue weighted by Crippen LogP contribution is 2.36. The molecule has 0 radical (unpaired) electrons. The molecule has 0 saturated carbocycles. The minimum Gasteiger partial charge on any atom is -0.378 e. The van der Waals surface area contributed by atoms with Crippen LogP contribution in [-0.2, 0) is 13.1 Å². The summed E-state index contributed by atoms with van der Waals surface area (Å²) < 4.78 is 2.07. The van der Waals surface area contributed by atoms with Crippen LogP contribution in [0.5, 0.6) is 0 Å². The van der Waals surface area contributed by atoms with Crippen LogP contribution in [0.2, 0.25) is 0 Å². The monoisotopic (exact) mass is 413 g/mol. The second-order valence-corrected chi connectivity index (χ2v) is 9.46. The average molecular weight is 414 g/mol. The van der Waals surface area contributed by atoms with Crippen molar-refractivity contribution in [1.29, 1.82) is 0 Å². The Morgan fingerprint density at radius 1 is 0.903 bits per heavy atom. The number of aromatic nitrogens is 1. The smallest absolute Gasteiger partial charge is 0.258 e. The zero-order chi connectivity index (χ0) is 21.5. The molecule has 160 valence electrons. The van der Waals surface area contributed by atoms with Gasteiger partial charge in [0.25, 0.3) is 5.56 Å². The Labute approximate surface area is 184 Å². The molecule has 31 heavy (non-hydrogen) atoms. The summed E-state index contributed by atoms with van der Waals surface area (Å²) in [5.74, 6) is 0.976. The second kappa shape index (κ2) is 8.01. The largest absolute Gasteiger partial charge is 0.378 e. The molecule has 2 aromatic carbocycles. The molecule has 2 aliphatic rings. The van der Waals surface area contributed by atoms with Crippen LogP contribution in [0, 0.1) is 12.8 Å². The molecular weight excluding hydrogens is 382 g/mol. The van der Waals surface area contributed by atoms with E-state index in [-0.39, 0.29) is 5.56 Å². The average Bonchev–Trinajstić information content (AvgIpc) is 2.75. The highest BCUT2D eigenvalue weighted by Gasteiger charge is 2.35. The van der Waals surface area contributed by atoms with Gasteiger partial charge in [-0.1, -0.05) is 36.4 Å². The van der Waals surface area contributed by atoms with Crippen molar-refractivity contribution in [1.82, 2.24) is 9.47 Å². The lowest BCUT2D eigenvalue weighted by Gasteiger charge is -2.43. The van der Waals surface area contributed by atoms with Crippen molar-refractivity contribution in [3.8, 4) is 11.1 Å². The van der Waals surface area contributed by atoms with E-state index in [1.54, 1.807) is 0 Å². The van der Waals surface area contributed by atoms with E-state index in [2.05, 4.69) is 83.9 Å². The van der Waals surface area contributed by atoms with E-state index in [0.29, 0.717) is 11.8 Å². The van der Waals surface area contributed by atoms with Crippen molar-refractivity contribution in [2.45, 2.75) is 32.4 Å².